The molecule has 0 spiro atoms. The SMILES string of the molecule is COCc1cccc(-c2noc(C(C)C)c2C(=O)O)c1. The third-order valence-electron chi connectivity index (χ3n) is 2.97. The zero-order chi connectivity index (χ0) is 14.7. The van der Waals surface area contributed by atoms with E-state index in [9.17, 15) is 9.90 Å². The molecule has 5 nitrogen and oxygen atoms in total. The Labute approximate surface area is 117 Å². The average molecular weight is 275 g/mol. The highest BCUT2D eigenvalue weighted by Crippen LogP contribution is 2.30. The van der Waals surface area contributed by atoms with Gasteiger partial charge in [-0.25, -0.2) is 4.79 Å². The van der Waals surface area contributed by atoms with Gasteiger partial charge in [0.2, 0.25) is 0 Å². The number of ether oxygens (including phenoxy) is 1. The molecule has 1 aromatic carbocycles. The van der Waals surface area contributed by atoms with E-state index in [0.29, 0.717) is 23.6 Å². The van der Waals surface area contributed by atoms with Crippen molar-refractivity contribution < 1.29 is 19.2 Å². The number of aromatic carboxylic acids is 1. The lowest BCUT2D eigenvalue weighted by atomic mass is 10.00. The predicted molar refractivity (Wildman–Crippen MR) is 73.7 cm³/mol. The van der Waals surface area contributed by atoms with Crippen LogP contribution in [-0.4, -0.2) is 23.3 Å². The van der Waals surface area contributed by atoms with E-state index < -0.39 is 5.97 Å². The summed E-state index contributed by atoms with van der Waals surface area (Å²) in [6.45, 7) is 4.21. The number of hydrogen-bond donors (Lipinski definition) is 1. The minimum absolute atomic E-state index is 0.0375. The Hall–Kier alpha value is -2.14. The van der Waals surface area contributed by atoms with Crippen LogP contribution in [0.1, 0.15) is 41.4 Å². The van der Waals surface area contributed by atoms with Crippen LogP contribution >= 0.6 is 0 Å². The maximum absolute atomic E-state index is 11.5. The van der Waals surface area contributed by atoms with Gasteiger partial charge in [0.05, 0.1) is 6.61 Å². The number of carbonyl (C=O) groups is 1. The van der Waals surface area contributed by atoms with Crippen LogP contribution in [0, 0.1) is 0 Å². The van der Waals surface area contributed by atoms with Crippen LogP contribution < -0.4 is 0 Å². The maximum Gasteiger partial charge on any atom is 0.341 e. The van der Waals surface area contributed by atoms with Crippen LogP contribution in [0.25, 0.3) is 11.3 Å². The zero-order valence-corrected chi connectivity index (χ0v) is 11.7. The Bertz CT molecular complexity index is 616. The van der Waals surface area contributed by atoms with Crippen molar-refractivity contribution in [2.45, 2.75) is 26.4 Å². The number of nitrogens with zero attached hydrogens (tertiary/aromatic N) is 1. The third-order valence-corrected chi connectivity index (χ3v) is 2.97. The molecule has 0 unspecified atom stereocenters. The molecule has 0 bridgehead atoms. The van der Waals surface area contributed by atoms with Gasteiger partial charge in [0.1, 0.15) is 11.3 Å². The van der Waals surface area contributed by atoms with Crippen molar-refractivity contribution in [3.8, 4) is 11.3 Å². The van der Waals surface area contributed by atoms with Crippen LogP contribution in [0.3, 0.4) is 0 Å². The number of hydrogen-bond acceptors (Lipinski definition) is 4. The van der Waals surface area contributed by atoms with Crippen molar-refractivity contribution in [1.82, 2.24) is 5.16 Å². The number of carboxylic acids is 1. The summed E-state index contributed by atoms with van der Waals surface area (Å²) >= 11 is 0. The fourth-order valence-corrected chi connectivity index (χ4v) is 2.08. The summed E-state index contributed by atoms with van der Waals surface area (Å²) in [6.07, 6.45) is 0. The van der Waals surface area contributed by atoms with E-state index in [2.05, 4.69) is 5.16 Å². The number of aromatic nitrogens is 1. The van der Waals surface area contributed by atoms with E-state index in [0.717, 1.165) is 5.56 Å². The molecule has 1 N–H and O–H groups in total. The summed E-state index contributed by atoms with van der Waals surface area (Å²) in [5.74, 6) is -0.670. The second-order valence-corrected chi connectivity index (χ2v) is 4.86. The molecular formula is C15H17NO4. The van der Waals surface area contributed by atoms with E-state index >= 15 is 0 Å². The summed E-state index contributed by atoms with van der Waals surface area (Å²) in [7, 11) is 1.61. The van der Waals surface area contributed by atoms with Crippen molar-refractivity contribution in [3.05, 3.63) is 41.2 Å². The number of methoxy groups -OCH3 is 1. The minimum Gasteiger partial charge on any atom is -0.477 e. The van der Waals surface area contributed by atoms with Gasteiger partial charge in [-0.3, -0.25) is 0 Å². The molecule has 2 rings (SSSR count). The number of rotatable bonds is 5. The van der Waals surface area contributed by atoms with E-state index in [-0.39, 0.29) is 11.5 Å². The summed E-state index contributed by atoms with van der Waals surface area (Å²) < 4.78 is 10.3. The molecule has 0 saturated heterocycles. The van der Waals surface area contributed by atoms with Gasteiger partial charge in [-0.05, 0) is 11.6 Å². The molecule has 106 valence electrons. The lowest BCUT2D eigenvalue weighted by Gasteiger charge is -2.04. The lowest BCUT2D eigenvalue weighted by molar-refractivity contribution is 0.0694. The van der Waals surface area contributed by atoms with Gasteiger partial charge >= 0.3 is 5.97 Å². The standard InChI is InChI=1S/C15H17NO4/c1-9(2)14-12(15(17)18)13(16-20-14)11-6-4-5-10(7-11)8-19-3/h4-7,9H,8H2,1-3H3,(H,17,18). The Morgan fingerprint density at radius 1 is 1.45 bits per heavy atom. The van der Waals surface area contributed by atoms with E-state index in [1.165, 1.54) is 0 Å². The molecule has 0 aliphatic carbocycles. The first kappa shape index (κ1) is 14.3. The van der Waals surface area contributed by atoms with Crippen LogP contribution in [0.5, 0.6) is 0 Å². The summed E-state index contributed by atoms with van der Waals surface area (Å²) in [4.78, 5) is 11.5. The highest BCUT2D eigenvalue weighted by molar-refractivity contribution is 5.96. The van der Waals surface area contributed by atoms with Gasteiger partial charge in [-0.15, -0.1) is 0 Å². The number of benzene rings is 1. The highest BCUT2D eigenvalue weighted by Gasteiger charge is 2.25. The molecule has 2 aromatic rings. The monoisotopic (exact) mass is 275 g/mol. The van der Waals surface area contributed by atoms with Crippen molar-refractivity contribution in [1.29, 1.82) is 0 Å². The lowest BCUT2D eigenvalue weighted by Crippen LogP contribution is -2.02. The average Bonchev–Trinajstić information content (AvgIpc) is 2.84. The van der Waals surface area contributed by atoms with Gasteiger partial charge in [-0.1, -0.05) is 37.2 Å². The summed E-state index contributed by atoms with van der Waals surface area (Å²) in [5, 5.41) is 13.3. The fraction of sp³-hybridized carbons (Fsp3) is 0.333. The Morgan fingerprint density at radius 2 is 2.20 bits per heavy atom. The van der Waals surface area contributed by atoms with E-state index in [1.807, 2.05) is 38.1 Å². The fourth-order valence-electron chi connectivity index (χ4n) is 2.08. The molecule has 5 heteroatoms. The van der Waals surface area contributed by atoms with E-state index in [4.69, 9.17) is 9.26 Å². The maximum atomic E-state index is 11.5. The number of carboxylic acid groups (broad SMARTS) is 1. The van der Waals surface area contributed by atoms with Gasteiger partial charge < -0.3 is 14.4 Å². The second kappa shape index (κ2) is 5.88. The van der Waals surface area contributed by atoms with E-state index in [1.54, 1.807) is 7.11 Å². The minimum atomic E-state index is -1.03. The molecule has 0 fully saturated rings. The molecule has 0 atom stereocenters. The van der Waals surface area contributed by atoms with Crippen LogP contribution in [0.2, 0.25) is 0 Å². The van der Waals surface area contributed by atoms with Crippen LogP contribution in [-0.2, 0) is 11.3 Å². The largest absolute Gasteiger partial charge is 0.477 e. The smallest absolute Gasteiger partial charge is 0.341 e. The normalized spacial score (nSPS) is 11.0. The second-order valence-electron chi connectivity index (χ2n) is 4.86. The van der Waals surface area contributed by atoms with Gasteiger partial charge in [-0.2, -0.15) is 0 Å². The first-order valence-corrected chi connectivity index (χ1v) is 6.35. The van der Waals surface area contributed by atoms with Crippen molar-refractivity contribution in [2.75, 3.05) is 7.11 Å². The van der Waals surface area contributed by atoms with Gasteiger partial charge in [0.15, 0.2) is 5.76 Å². The highest BCUT2D eigenvalue weighted by atomic mass is 16.5. The molecule has 1 heterocycles. The molecule has 0 aliphatic heterocycles. The molecule has 0 saturated carbocycles. The van der Waals surface area contributed by atoms with Crippen molar-refractivity contribution in [2.24, 2.45) is 0 Å². The molecule has 0 radical (unpaired) electrons. The first-order valence-electron chi connectivity index (χ1n) is 6.35. The Balaban J connectivity index is 2.52. The Morgan fingerprint density at radius 3 is 2.80 bits per heavy atom. The zero-order valence-electron chi connectivity index (χ0n) is 11.7. The molecule has 20 heavy (non-hydrogen) atoms. The predicted octanol–water partition coefficient (Wildman–Crippen LogP) is 3.31. The van der Waals surface area contributed by atoms with Gasteiger partial charge in [0.25, 0.3) is 0 Å². The summed E-state index contributed by atoms with van der Waals surface area (Å²) in [5.41, 5.74) is 2.16. The summed E-state index contributed by atoms with van der Waals surface area (Å²) in [6, 6.07) is 7.43. The molecule has 0 aliphatic rings. The Kier molecular flexibility index (Phi) is 4.20. The third kappa shape index (κ3) is 2.72. The molecular weight excluding hydrogens is 258 g/mol. The molecule has 1 aromatic heterocycles. The molecule has 0 amide bonds. The van der Waals surface area contributed by atoms with Gasteiger partial charge in [0, 0.05) is 18.6 Å². The van der Waals surface area contributed by atoms with Crippen LogP contribution in [0.15, 0.2) is 28.8 Å². The first-order chi connectivity index (χ1) is 9.54. The van der Waals surface area contributed by atoms with Crippen molar-refractivity contribution in [3.63, 3.8) is 0 Å². The topological polar surface area (TPSA) is 72.6 Å². The quantitative estimate of drug-likeness (QED) is 0.906. The van der Waals surface area contributed by atoms with Crippen LogP contribution in [0.4, 0.5) is 0 Å². The van der Waals surface area contributed by atoms with Crippen molar-refractivity contribution >= 4 is 5.97 Å².